The molecule has 1 heterocycles. The molecule has 2 aromatic carbocycles. The highest BCUT2D eigenvalue weighted by Gasteiger charge is 2.44. The molecule has 1 aliphatic heterocycles. The Hall–Kier alpha value is -2.65. The summed E-state index contributed by atoms with van der Waals surface area (Å²) in [4.78, 5) is 0.847. The molecule has 190 valence electrons. The van der Waals surface area contributed by atoms with E-state index in [0.717, 1.165) is 0 Å². The monoisotopic (exact) mass is 512 g/mol. The van der Waals surface area contributed by atoms with Gasteiger partial charge in [-0.2, -0.15) is 18.4 Å². The van der Waals surface area contributed by atoms with Gasteiger partial charge in [0.15, 0.2) is 9.84 Å². The van der Waals surface area contributed by atoms with Crippen molar-refractivity contribution < 1.29 is 36.9 Å². The van der Waals surface area contributed by atoms with Crippen molar-refractivity contribution in [3.8, 4) is 6.07 Å². The molecular weight excluding hydrogens is 485 g/mol. The van der Waals surface area contributed by atoms with Gasteiger partial charge in [0.2, 0.25) is 0 Å². The lowest BCUT2D eigenvalue weighted by Gasteiger charge is -2.38. The molecule has 0 aromatic heterocycles. The van der Waals surface area contributed by atoms with Gasteiger partial charge >= 0.3 is 6.18 Å². The van der Waals surface area contributed by atoms with Gasteiger partial charge in [-0.05, 0) is 66.3 Å². The number of nitriles is 1. The van der Waals surface area contributed by atoms with Crippen LogP contribution in [-0.4, -0.2) is 67.1 Å². The molecule has 7 nitrogen and oxygen atoms in total. The van der Waals surface area contributed by atoms with Crippen LogP contribution in [-0.2, 0) is 9.84 Å². The number of hydrogen-bond acceptors (Lipinski definition) is 7. The van der Waals surface area contributed by atoms with Crippen LogP contribution < -0.4 is 4.90 Å². The number of sulfone groups is 1. The molecule has 3 rings (SSSR count). The van der Waals surface area contributed by atoms with E-state index in [1.807, 2.05) is 0 Å². The maximum atomic E-state index is 13.5. The van der Waals surface area contributed by atoms with E-state index < -0.39 is 51.5 Å². The summed E-state index contributed by atoms with van der Waals surface area (Å²) in [6, 6.07) is 9.91. The summed E-state index contributed by atoms with van der Waals surface area (Å²) in [7, 11) is -4.07. The number of rotatable bonds is 8. The molecule has 35 heavy (non-hydrogen) atoms. The molecule has 3 N–H and O–H groups in total. The molecule has 1 fully saturated rings. The molecular formula is C24H27F3N2O5S. The van der Waals surface area contributed by atoms with Crippen molar-refractivity contribution in [2.45, 2.75) is 50.1 Å². The third kappa shape index (κ3) is 6.52. The fraction of sp³-hybridized carbons (Fsp3) is 0.458. The van der Waals surface area contributed by atoms with Crippen LogP contribution in [0.15, 0.2) is 41.3 Å². The molecule has 0 bridgehead atoms. The number of hydrogen-bond donors (Lipinski definition) is 3. The Kier molecular flexibility index (Phi) is 8.43. The average molecular weight is 513 g/mol. The van der Waals surface area contributed by atoms with E-state index in [1.54, 1.807) is 42.5 Å². The van der Waals surface area contributed by atoms with Gasteiger partial charge in [-0.15, -0.1) is 0 Å². The summed E-state index contributed by atoms with van der Waals surface area (Å²) in [5.74, 6) is -0.599. The lowest BCUT2D eigenvalue weighted by Crippen LogP contribution is -2.48. The Morgan fingerprint density at radius 1 is 1.14 bits per heavy atom. The van der Waals surface area contributed by atoms with Gasteiger partial charge in [0.1, 0.15) is 23.1 Å². The first-order valence-electron chi connectivity index (χ1n) is 11.1. The van der Waals surface area contributed by atoms with Crippen LogP contribution in [0.25, 0.3) is 16.8 Å². The Labute approximate surface area is 201 Å². The maximum absolute atomic E-state index is 13.5. The van der Waals surface area contributed by atoms with E-state index in [9.17, 15) is 37.1 Å². The average Bonchev–Trinajstić information content (AvgIpc) is 2.84. The van der Waals surface area contributed by atoms with Crippen LogP contribution in [0.1, 0.15) is 31.2 Å². The molecule has 0 aliphatic carbocycles. The number of benzene rings is 2. The maximum Gasteiger partial charge on any atom is 0.408 e. The van der Waals surface area contributed by atoms with Crippen LogP contribution in [0, 0.1) is 11.3 Å². The molecule has 1 saturated heterocycles. The Morgan fingerprint density at radius 2 is 1.83 bits per heavy atom. The second-order valence-electron chi connectivity index (χ2n) is 8.58. The predicted octanol–water partition coefficient (Wildman–Crippen LogP) is 3.14. The summed E-state index contributed by atoms with van der Waals surface area (Å²) in [5.41, 5.74) is 0.874. The van der Waals surface area contributed by atoms with Crippen molar-refractivity contribution in [3.63, 3.8) is 0 Å². The lowest BCUT2D eigenvalue weighted by molar-refractivity contribution is -0.152. The summed E-state index contributed by atoms with van der Waals surface area (Å²) >= 11 is 0. The Bertz CT molecular complexity index is 1220. The molecule has 0 saturated carbocycles. The molecule has 0 amide bonds. The van der Waals surface area contributed by atoms with Crippen molar-refractivity contribution in [2.24, 2.45) is 0 Å². The zero-order chi connectivity index (χ0) is 25.8. The van der Waals surface area contributed by atoms with Crippen molar-refractivity contribution in [1.82, 2.24) is 0 Å². The number of alkyl halides is 3. The quantitative estimate of drug-likeness (QED) is 0.465. The van der Waals surface area contributed by atoms with Crippen LogP contribution >= 0.6 is 0 Å². The third-order valence-corrected chi connectivity index (χ3v) is 7.77. The summed E-state index contributed by atoms with van der Waals surface area (Å²) in [6.07, 6.45) is -5.20. The van der Waals surface area contributed by atoms with Crippen LogP contribution in [0.3, 0.4) is 0 Å². The zero-order valence-corrected chi connectivity index (χ0v) is 19.6. The molecule has 11 heteroatoms. The number of aliphatic hydroxyl groups is 3. The lowest BCUT2D eigenvalue weighted by atomic mass is 9.99. The van der Waals surface area contributed by atoms with Crippen molar-refractivity contribution in [3.05, 3.63) is 46.9 Å². The number of fused-ring (bicyclic) bond motifs is 1. The van der Waals surface area contributed by atoms with Crippen molar-refractivity contribution in [2.75, 3.05) is 23.8 Å². The second-order valence-corrected chi connectivity index (χ2v) is 10.7. The predicted molar refractivity (Wildman–Crippen MR) is 126 cm³/mol. The first-order valence-corrected chi connectivity index (χ1v) is 12.8. The van der Waals surface area contributed by atoms with Gasteiger partial charge in [-0.1, -0.05) is 18.2 Å². The SMILES string of the molecule is N#C/C(=C\c1ccc2cc(N3CCCCC3C(F)(F)F)ccc2c1)S(=O)(=O)CCC(O)C(O)CO. The van der Waals surface area contributed by atoms with Crippen LogP contribution in [0.4, 0.5) is 18.9 Å². The highest BCUT2D eigenvalue weighted by molar-refractivity contribution is 7.95. The third-order valence-electron chi connectivity index (χ3n) is 6.12. The zero-order valence-electron chi connectivity index (χ0n) is 18.8. The fourth-order valence-electron chi connectivity index (χ4n) is 4.14. The molecule has 3 unspecified atom stereocenters. The van der Waals surface area contributed by atoms with E-state index in [2.05, 4.69) is 0 Å². The second kappa shape index (κ2) is 11.0. The van der Waals surface area contributed by atoms with E-state index in [4.69, 9.17) is 5.11 Å². The number of nitrogens with zero attached hydrogens (tertiary/aromatic N) is 2. The molecule has 1 aliphatic rings. The van der Waals surface area contributed by atoms with E-state index >= 15 is 0 Å². The summed E-state index contributed by atoms with van der Waals surface area (Å²) < 4.78 is 65.5. The van der Waals surface area contributed by atoms with Gasteiger partial charge < -0.3 is 20.2 Å². The summed E-state index contributed by atoms with van der Waals surface area (Å²) in [6.45, 7) is -0.417. The fourth-order valence-corrected chi connectivity index (χ4v) is 5.37. The molecule has 0 radical (unpaired) electrons. The van der Waals surface area contributed by atoms with Crippen molar-refractivity contribution in [1.29, 1.82) is 5.26 Å². The molecule has 0 spiro atoms. The van der Waals surface area contributed by atoms with E-state index in [1.165, 1.54) is 11.0 Å². The highest BCUT2D eigenvalue weighted by atomic mass is 32.2. The van der Waals surface area contributed by atoms with Gasteiger partial charge in [0.05, 0.1) is 18.5 Å². The standard InChI is InChI=1S/C24H27F3N2O5S/c25-24(26,27)23-3-1-2-9-29(23)19-7-6-17-11-16(4-5-18(17)13-19)12-20(14-28)35(33,34)10-8-21(31)22(32)15-30/h4-7,11-13,21-23,30-32H,1-3,8-10,15H2/b20-12+. The number of allylic oxidation sites excluding steroid dienone is 1. The Morgan fingerprint density at radius 3 is 2.49 bits per heavy atom. The number of anilines is 1. The number of aliphatic hydroxyl groups excluding tert-OH is 3. The normalized spacial score (nSPS) is 19.4. The number of piperidine rings is 1. The van der Waals surface area contributed by atoms with Gasteiger partial charge in [0.25, 0.3) is 0 Å². The molecule has 2 aromatic rings. The first kappa shape index (κ1) is 26.9. The van der Waals surface area contributed by atoms with E-state index in [-0.39, 0.29) is 12.8 Å². The molecule has 3 atom stereocenters. The van der Waals surface area contributed by atoms with E-state index in [0.29, 0.717) is 41.4 Å². The number of halogens is 3. The minimum absolute atomic E-state index is 0.0483. The topological polar surface area (TPSA) is 122 Å². The van der Waals surface area contributed by atoms with Gasteiger partial charge in [-0.3, -0.25) is 0 Å². The van der Waals surface area contributed by atoms with Crippen LogP contribution in [0.2, 0.25) is 0 Å². The van der Waals surface area contributed by atoms with Gasteiger partial charge in [0, 0.05) is 12.2 Å². The minimum atomic E-state index is -4.32. The smallest absolute Gasteiger partial charge is 0.394 e. The largest absolute Gasteiger partial charge is 0.408 e. The van der Waals surface area contributed by atoms with Gasteiger partial charge in [-0.25, -0.2) is 8.42 Å². The summed E-state index contributed by atoms with van der Waals surface area (Å²) in [5, 5.41) is 38.6. The van der Waals surface area contributed by atoms with Crippen LogP contribution in [0.5, 0.6) is 0 Å². The Balaban J connectivity index is 1.84. The first-order chi connectivity index (χ1) is 16.5. The minimum Gasteiger partial charge on any atom is -0.394 e. The van der Waals surface area contributed by atoms with Crippen molar-refractivity contribution >= 4 is 32.4 Å². The highest BCUT2D eigenvalue weighted by Crippen LogP contribution is 2.36.